The van der Waals surface area contributed by atoms with E-state index >= 15 is 0 Å². The molecule has 0 aromatic heterocycles. The smallest absolute Gasteiger partial charge is 0.00230 e. The first-order chi connectivity index (χ1) is 8.15. The highest BCUT2D eigenvalue weighted by atomic mass is 14.9. The second-order valence-corrected chi connectivity index (χ2v) is 7.17. The number of hydrogen-bond acceptors (Lipinski definition) is 1. The summed E-state index contributed by atoms with van der Waals surface area (Å²) in [6, 6.07) is 0. The second kappa shape index (κ2) is 6.22. The average molecular weight is 237 g/mol. The van der Waals surface area contributed by atoms with Crippen molar-refractivity contribution in [3.8, 4) is 0 Å². The van der Waals surface area contributed by atoms with E-state index in [-0.39, 0.29) is 0 Å². The van der Waals surface area contributed by atoms with Crippen LogP contribution in [-0.4, -0.2) is 13.1 Å². The van der Waals surface area contributed by atoms with Gasteiger partial charge in [-0.25, -0.2) is 0 Å². The predicted octanol–water partition coefficient (Wildman–Crippen LogP) is 4.08. The number of nitrogens with one attached hydrogen (secondary N) is 1. The maximum Gasteiger partial charge on any atom is -0.00230 e. The normalized spacial score (nSPS) is 33.5. The van der Waals surface area contributed by atoms with Crippen molar-refractivity contribution < 1.29 is 0 Å². The van der Waals surface area contributed by atoms with Crippen molar-refractivity contribution in [2.45, 2.75) is 59.3 Å². The molecule has 17 heavy (non-hydrogen) atoms. The van der Waals surface area contributed by atoms with Crippen LogP contribution in [0.5, 0.6) is 0 Å². The molecule has 4 atom stereocenters. The van der Waals surface area contributed by atoms with Gasteiger partial charge >= 0.3 is 0 Å². The molecule has 0 spiro atoms. The van der Waals surface area contributed by atoms with Crippen LogP contribution in [0.25, 0.3) is 0 Å². The van der Waals surface area contributed by atoms with E-state index in [4.69, 9.17) is 0 Å². The third-order valence-corrected chi connectivity index (χ3v) is 4.96. The van der Waals surface area contributed by atoms with Gasteiger partial charge in [0.05, 0.1) is 0 Å². The Morgan fingerprint density at radius 1 is 1.06 bits per heavy atom. The lowest BCUT2D eigenvalue weighted by molar-refractivity contribution is 0.288. The zero-order chi connectivity index (χ0) is 12.3. The van der Waals surface area contributed by atoms with Crippen molar-refractivity contribution in [1.82, 2.24) is 5.32 Å². The van der Waals surface area contributed by atoms with Crippen molar-refractivity contribution in [1.29, 1.82) is 0 Å². The van der Waals surface area contributed by atoms with Crippen LogP contribution in [0.2, 0.25) is 0 Å². The summed E-state index contributed by atoms with van der Waals surface area (Å²) < 4.78 is 0. The van der Waals surface area contributed by atoms with Crippen LogP contribution in [0.1, 0.15) is 59.3 Å². The van der Waals surface area contributed by atoms with Gasteiger partial charge in [0.1, 0.15) is 0 Å². The quantitative estimate of drug-likeness (QED) is 0.703. The van der Waals surface area contributed by atoms with Crippen LogP contribution in [0, 0.1) is 29.6 Å². The van der Waals surface area contributed by atoms with Gasteiger partial charge in [-0.1, -0.05) is 27.2 Å². The predicted molar refractivity (Wildman–Crippen MR) is 75.0 cm³/mol. The molecule has 4 unspecified atom stereocenters. The first kappa shape index (κ1) is 13.4. The minimum absolute atomic E-state index is 0.785. The van der Waals surface area contributed by atoms with Gasteiger partial charge in [0.25, 0.3) is 0 Å². The Morgan fingerprint density at radius 3 is 2.47 bits per heavy atom. The van der Waals surface area contributed by atoms with E-state index in [0.29, 0.717) is 0 Å². The van der Waals surface area contributed by atoms with Gasteiger partial charge in [0.2, 0.25) is 0 Å². The van der Waals surface area contributed by atoms with Crippen LogP contribution in [0.3, 0.4) is 0 Å². The fourth-order valence-corrected chi connectivity index (χ4v) is 3.95. The summed E-state index contributed by atoms with van der Waals surface area (Å²) in [5.74, 6) is 5.00. The van der Waals surface area contributed by atoms with Crippen LogP contribution >= 0.6 is 0 Å². The molecule has 0 radical (unpaired) electrons. The Morgan fingerprint density at radius 2 is 1.88 bits per heavy atom. The van der Waals surface area contributed by atoms with E-state index in [9.17, 15) is 0 Å². The topological polar surface area (TPSA) is 12.0 Å². The lowest BCUT2D eigenvalue weighted by Gasteiger charge is -2.23. The summed E-state index contributed by atoms with van der Waals surface area (Å²) >= 11 is 0. The molecule has 2 rings (SSSR count). The molecular weight excluding hydrogens is 206 g/mol. The maximum absolute atomic E-state index is 3.59. The van der Waals surface area contributed by atoms with Crippen molar-refractivity contribution in [3.05, 3.63) is 0 Å². The van der Waals surface area contributed by atoms with Crippen LogP contribution in [-0.2, 0) is 0 Å². The monoisotopic (exact) mass is 237 g/mol. The third kappa shape index (κ3) is 3.98. The van der Waals surface area contributed by atoms with Gasteiger partial charge in [0, 0.05) is 0 Å². The lowest BCUT2D eigenvalue weighted by Crippen LogP contribution is -2.25. The summed E-state index contributed by atoms with van der Waals surface area (Å²) in [5.41, 5.74) is 0. The molecule has 1 nitrogen and oxygen atoms in total. The lowest BCUT2D eigenvalue weighted by atomic mass is 9.84. The zero-order valence-electron chi connectivity index (χ0n) is 12.0. The molecule has 0 heterocycles. The molecule has 1 heteroatoms. The van der Waals surface area contributed by atoms with E-state index in [1.165, 1.54) is 25.9 Å². The number of hydrogen-bond donors (Lipinski definition) is 1. The molecule has 2 aliphatic rings. The standard InChI is InChI=1S/C16H31N/c1-12(2)10-17-11-13(3)4-6-15-8-14-5-7-16(15)9-14/h12-17H,4-11H2,1-3H3. The molecule has 0 aromatic rings. The van der Waals surface area contributed by atoms with E-state index < -0.39 is 0 Å². The Hall–Kier alpha value is -0.0400. The second-order valence-electron chi connectivity index (χ2n) is 7.17. The van der Waals surface area contributed by atoms with Gasteiger partial charge in [-0.3, -0.25) is 0 Å². The zero-order valence-corrected chi connectivity index (χ0v) is 12.0. The summed E-state index contributed by atoms with van der Waals surface area (Å²) in [7, 11) is 0. The molecule has 2 aliphatic carbocycles. The molecular formula is C16H31N. The minimum atomic E-state index is 0.785. The van der Waals surface area contributed by atoms with Crippen LogP contribution in [0.4, 0.5) is 0 Å². The van der Waals surface area contributed by atoms with Crippen LogP contribution < -0.4 is 5.32 Å². The molecule has 100 valence electrons. The number of rotatable bonds is 7. The summed E-state index contributed by atoms with van der Waals surface area (Å²) in [6.07, 6.45) is 9.19. The SMILES string of the molecule is CC(C)CNCC(C)CCC1CC2CCC1C2. The van der Waals surface area contributed by atoms with Crippen molar-refractivity contribution >= 4 is 0 Å². The highest BCUT2D eigenvalue weighted by molar-refractivity contribution is 4.89. The van der Waals surface area contributed by atoms with Gasteiger partial charge in [-0.05, 0) is 74.8 Å². The molecule has 0 amide bonds. The van der Waals surface area contributed by atoms with Crippen molar-refractivity contribution in [2.75, 3.05) is 13.1 Å². The van der Waals surface area contributed by atoms with Gasteiger partial charge in [-0.15, -0.1) is 0 Å². The van der Waals surface area contributed by atoms with Crippen molar-refractivity contribution in [2.24, 2.45) is 29.6 Å². The van der Waals surface area contributed by atoms with Crippen molar-refractivity contribution in [3.63, 3.8) is 0 Å². The Bertz CT molecular complexity index is 224. The van der Waals surface area contributed by atoms with E-state index in [2.05, 4.69) is 26.1 Å². The van der Waals surface area contributed by atoms with Gasteiger partial charge < -0.3 is 5.32 Å². The molecule has 2 bridgehead atoms. The molecule has 2 saturated carbocycles. The molecule has 1 N–H and O–H groups in total. The fraction of sp³-hybridized carbons (Fsp3) is 1.00. The maximum atomic E-state index is 3.59. The highest BCUT2D eigenvalue weighted by Crippen LogP contribution is 2.50. The van der Waals surface area contributed by atoms with E-state index in [0.717, 1.165) is 29.6 Å². The first-order valence-electron chi connectivity index (χ1n) is 7.85. The molecule has 0 aromatic carbocycles. The van der Waals surface area contributed by atoms with E-state index in [1.807, 2.05) is 0 Å². The average Bonchev–Trinajstić information content (AvgIpc) is 2.87. The Balaban J connectivity index is 1.55. The fourth-order valence-electron chi connectivity index (χ4n) is 3.95. The Kier molecular flexibility index (Phi) is 4.90. The number of fused-ring (bicyclic) bond motifs is 2. The first-order valence-corrected chi connectivity index (χ1v) is 7.85. The highest BCUT2D eigenvalue weighted by Gasteiger charge is 2.38. The van der Waals surface area contributed by atoms with E-state index in [1.54, 1.807) is 25.7 Å². The Labute approximate surface area is 108 Å². The van der Waals surface area contributed by atoms with Gasteiger partial charge in [0.15, 0.2) is 0 Å². The third-order valence-electron chi connectivity index (χ3n) is 4.96. The summed E-state index contributed by atoms with van der Waals surface area (Å²) in [6.45, 7) is 9.39. The minimum Gasteiger partial charge on any atom is -0.316 e. The summed E-state index contributed by atoms with van der Waals surface area (Å²) in [4.78, 5) is 0. The molecule has 0 saturated heterocycles. The molecule has 0 aliphatic heterocycles. The summed E-state index contributed by atoms with van der Waals surface area (Å²) in [5, 5.41) is 3.59. The largest absolute Gasteiger partial charge is 0.316 e. The van der Waals surface area contributed by atoms with Gasteiger partial charge in [-0.2, -0.15) is 0 Å². The molecule has 2 fully saturated rings. The van der Waals surface area contributed by atoms with Crippen LogP contribution in [0.15, 0.2) is 0 Å².